The molecule has 1 aromatic carbocycles. The lowest BCUT2D eigenvalue weighted by Crippen LogP contribution is -2.54. The van der Waals surface area contributed by atoms with E-state index in [0.717, 1.165) is 18.2 Å². The molecule has 5 nitrogen and oxygen atoms in total. The number of aliphatic imine (C=N–C) groups is 1. The quantitative estimate of drug-likeness (QED) is 0.388. The molecule has 0 atom stereocenters. The molecule has 1 aliphatic heterocycles. The zero-order valence-electron chi connectivity index (χ0n) is 16.7. The van der Waals surface area contributed by atoms with E-state index in [1.165, 1.54) is 43.1 Å². The standard InChI is InChI=1S/C21H31N5.HI/c1-21(2,26-13-7-4-8-14-26)16-25-20(22-3)24-15-19-18-10-6-5-9-17(18)11-12-23-19;/h5-6,9-12H,4,7-8,13-16H2,1-3H3,(H2,22,24,25);1H. The van der Waals surface area contributed by atoms with Crippen LogP contribution in [0.2, 0.25) is 0 Å². The zero-order chi connectivity index (χ0) is 18.4. The maximum Gasteiger partial charge on any atom is 0.191 e. The highest BCUT2D eigenvalue weighted by atomic mass is 127. The Hall–Kier alpha value is -1.41. The van der Waals surface area contributed by atoms with Crippen molar-refractivity contribution in [1.29, 1.82) is 0 Å². The van der Waals surface area contributed by atoms with Crippen LogP contribution in [-0.2, 0) is 6.54 Å². The SMILES string of the molecule is CN=C(NCc1nccc2ccccc12)NCC(C)(C)N1CCCCC1.I. The van der Waals surface area contributed by atoms with Gasteiger partial charge in [0.15, 0.2) is 5.96 Å². The number of benzene rings is 1. The van der Waals surface area contributed by atoms with Gasteiger partial charge in [0, 0.05) is 30.7 Å². The van der Waals surface area contributed by atoms with Crippen LogP contribution in [0.3, 0.4) is 0 Å². The van der Waals surface area contributed by atoms with Gasteiger partial charge >= 0.3 is 0 Å². The third kappa shape index (κ3) is 5.78. The number of piperidine rings is 1. The Morgan fingerprint density at radius 3 is 2.59 bits per heavy atom. The maximum atomic E-state index is 4.54. The Morgan fingerprint density at radius 2 is 1.85 bits per heavy atom. The minimum atomic E-state index is 0. The summed E-state index contributed by atoms with van der Waals surface area (Å²) in [4.78, 5) is 11.5. The maximum absolute atomic E-state index is 4.54. The lowest BCUT2D eigenvalue weighted by atomic mass is 9.98. The molecule has 2 N–H and O–H groups in total. The van der Waals surface area contributed by atoms with Gasteiger partial charge in [-0.15, -0.1) is 24.0 Å². The second-order valence-electron chi connectivity index (χ2n) is 7.62. The van der Waals surface area contributed by atoms with Gasteiger partial charge in [-0.25, -0.2) is 0 Å². The van der Waals surface area contributed by atoms with Crippen molar-refractivity contribution >= 4 is 40.7 Å². The second-order valence-corrected chi connectivity index (χ2v) is 7.62. The van der Waals surface area contributed by atoms with E-state index in [2.05, 4.69) is 63.6 Å². The van der Waals surface area contributed by atoms with Crippen molar-refractivity contribution in [1.82, 2.24) is 20.5 Å². The average molecular weight is 481 g/mol. The van der Waals surface area contributed by atoms with Gasteiger partial charge in [-0.2, -0.15) is 0 Å². The number of nitrogens with zero attached hydrogens (tertiary/aromatic N) is 3. The number of nitrogens with one attached hydrogen (secondary N) is 2. The van der Waals surface area contributed by atoms with Gasteiger partial charge in [0.25, 0.3) is 0 Å². The Morgan fingerprint density at radius 1 is 1.11 bits per heavy atom. The van der Waals surface area contributed by atoms with Gasteiger partial charge < -0.3 is 10.6 Å². The van der Waals surface area contributed by atoms with Crippen LogP contribution in [0.25, 0.3) is 10.8 Å². The Kier molecular flexibility index (Phi) is 8.28. The Labute approximate surface area is 180 Å². The number of fused-ring (bicyclic) bond motifs is 1. The fraction of sp³-hybridized carbons (Fsp3) is 0.524. The summed E-state index contributed by atoms with van der Waals surface area (Å²) in [6.45, 7) is 8.54. The van der Waals surface area contributed by atoms with Gasteiger partial charge in [-0.1, -0.05) is 30.7 Å². The molecule has 148 valence electrons. The first-order valence-corrected chi connectivity index (χ1v) is 9.62. The van der Waals surface area contributed by atoms with Crippen molar-refractivity contribution in [3.05, 3.63) is 42.2 Å². The van der Waals surface area contributed by atoms with Crippen LogP contribution in [-0.4, -0.2) is 48.1 Å². The normalized spacial score (nSPS) is 16.0. The first-order chi connectivity index (χ1) is 12.6. The van der Waals surface area contributed by atoms with Gasteiger partial charge in [-0.05, 0) is 51.2 Å². The van der Waals surface area contributed by atoms with Crippen LogP contribution in [0.1, 0.15) is 38.8 Å². The second kappa shape index (κ2) is 10.2. The van der Waals surface area contributed by atoms with Crippen molar-refractivity contribution in [2.24, 2.45) is 4.99 Å². The number of pyridine rings is 1. The van der Waals surface area contributed by atoms with Crippen LogP contribution in [0.4, 0.5) is 0 Å². The molecule has 0 unspecified atom stereocenters. The fourth-order valence-corrected chi connectivity index (χ4v) is 3.62. The van der Waals surface area contributed by atoms with Crippen LogP contribution in [0.15, 0.2) is 41.5 Å². The van der Waals surface area contributed by atoms with E-state index in [0.29, 0.717) is 6.54 Å². The van der Waals surface area contributed by atoms with E-state index in [1.807, 2.05) is 19.3 Å². The number of likely N-dealkylation sites (tertiary alicyclic amines) is 1. The highest BCUT2D eigenvalue weighted by Crippen LogP contribution is 2.20. The van der Waals surface area contributed by atoms with Crippen LogP contribution < -0.4 is 10.6 Å². The molecule has 1 aromatic heterocycles. The van der Waals surface area contributed by atoms with Crippen molar-refractivity contribution in [3.8, 4) is 0 Å². The molecule has 0 spiro atoms. The minimum absolute atomic E-state index is 0. The highest BCUT2D eigenvalue weighted by molar-refractivity contribution is 14.0. The predicted octanol–water partition coefficient (Wildman–Crippen LogP) is 3.78. The number of halogens is 1. The Bertz CT molecular complexity index is 748. The van der Waals surface area contributed by atoms with Crippen molar-refractivity contribution in [2.75, 3.05) is 26.7 Å². The molecule has 6 heteroatoms. The van der Waals surface area contributed by atoms with Crippen LogP contribution >= 0.6 is 24.0 Å². The van der Waals surface area contributed by atoms with Gasteiger partial charge in [0.05, 0.1) is 12.2 Å². The molecule has 1 fully saturated rings. The first kappa shape index (κ1) is 21.9. The molecular weight excluding hydrogens is 449 g/mol. The van der Waals surface area contributed by atoms with E-state index < -0.39 is 0 Å². The lowest BCUT2D eigenvalue weighted by Gasteiger charge is -2.41. The predicted molar refractivity (Wildman–Crippen MR) is 125 cm³/mol. The number of hydrogen-bond donors (Lipinski definition) is 2. The molecule has 1 aliphatic rings. The number of aromatic nitrogens is 1. The topological polar surface area (TPSA) is 52.6 Å². The summed E-state index contributed by atoms with van der Waals surface area (Å²) in [6, 6.07) is 10.4. The third-order valence-corrected chi connectivity index (χ3v) is 5.30. The summed E-state index contributed by atoms with van der Waals surface area (Å²) in [7, 11) is 1.82. The summed E-state index contributed by atoms with van der Waals surface area (Å²) in [5.41, 5.74) is 1.16. The summed E-state index contributed by atoms with van der Waals surface area (Å²) in [6.07, 6.45) is 5.85. The van der Waals surface area contributed by atoms with Crippen LogP contribution in [0, 0.1) is 0 Å². The monoisotopic (exact) mass is 481 g/mol. The van der Waals surface area contributed by atoms with E-state index >= 15 is 0 Å². The van der Waals surface area contributed by atoms with Crippen LogP contribution in [0.5, 0.6) is 0 Å². The van der Waals surface area contributed by atoms with E-state index in [9.17, 15) is 0 Å². The molecule has 1 saturated heterocycles. The molecule has 0 aliphatic carbocycles. The summed E-state index contributed by atoms with van der Waals surface area (Å²) >= 11 is 0. The number of rotatable bonds is 5. The largest absolute Gasteiger partial charge is 0.355 e. The number of guanidine groups is 1. The molecule has 2 aromatic rings. The van der Waals surface area contributed by atoms with Gasteiger partial charge in [-0.3, -0.25) is 14.9 Å². The van der Waals surface area contributed by atoms with Crippen molar-refractivity contribution in [2.45, 2.75) is 45.2 Å². The van der Waals surface area contributed by atoms with E-state index in [1.54, 1.807) is 0 Å². The zero-order valence-corrected chi connectivity index (χ0v) is 19.0. The summed E-state index contributed by atoms with van der Waals surface area (Å²) < 4.78 is 0. The molecule has 0 amide bonds. The van der Waals surface area contributed by atoms with Crippen molar-refractivity contribution < 1.29 is 0 Å². The first-order valence-electron chi connectivity index (χ1n) is 9.62. The molecule has 0 radical (unpaired) electrons. The summed E-state index contributed by atoms with van der Waals surface area (Å²) in [5.74, 6) is 0.824. The molecule has 3 rings (SSSR count). The molecule has 0 saturated carbocycles. The Balaban J connectivity index is 0.00000261. The lowest BCUT2D eigenvalue weighted by molar-refractivity contribution is 0.0982. The molecule has 0 bridgehead atoms. The minimum Gasteiger partial charge on any atom is -0.355 e. The van der Waals surface area contributed by atoms with Gasteiger partial charge in [0.2, 0.25) is 0 Å². The molecule has 2 heterocycles. The summed E-state index contributed by atoms with van der Waals surface area (Å²) in [5, 5.41) is 9.31. The third-order valence-electron chi connectivity index (χ3n) is 5.30. The number of hydrogen-bond acceptors (Lipinski definition) is 3. The average Bonchev–Trinajstić information content (AvgIpc) is 2.69. The van der Waals surface area contributed by atoms with Gasteiger partial charge in [0.1, 0.15) is 0 Å². The van der Waals surface area contributed by atoms with E-state index in [4.69, 9.17) is 0 Å². The highest BCUT2D eigenvalue weighted by Gasteiger charge is 2.27. The molecule has 27 heavy (non-hydrogen) atoms. The van der Waals surface area contributed by atoms with E-state index in [-0.39, 0.29) is 29.5 Å². The fourth-order valence-electron chi connectivity index (χ4n) is 3.62. The molecular formula is C21H32IN5. The van der Waals surface area contributed by atoms with Crippen molar-refractivity contribution in [3.63, 3.8) is 0 Å². The smallest absolute Gasteiger partial charge is 0.191 e.